The van der Waals surface area contributed by atoms with Crippen LogP contribution in [0.3, 0.4) is 0 Å². The van der Waals surface area contributed by atoms with Crippen molar-refractivity contribution in [3.05, 3.63) is 74.4 Å². The lowest BCUT2D eigenvalue weighted by atomic mass is 9.45. The summed E-state index contributed by atoms with van der Waals surface area (Å²) in [5, 5.41) is 12.3. The zero-order valence-electron chi connectivity index (χ0n) is 21.4. The van der Waals surface area contributed by atoms with Crippen LogP contribution < -0.4 is 10.9 Å². The highest BCUT2D eigenvalue weighted by Crippen LogP contribution is 2.61. The molecule has 4 atom stereocenters. The summed E-state index contributed by atoms with van der Waals surface area (Å²) in [5.41, 5.74) is 3.96. The molecule has 3 aliphatic rings. The van der Waals surface area contributed by atoms with Crippen molar-refractivity contribution >= 4 is 27.4 Å². The second-order valence-corrected chi connectivity index (χ2v) is 12.0. The number of hydrogen-bond donors (Lipinski definition) is 1. The first-order chi connectivity index (χ1) is 17.1. The molecule has 0 unspecified atom stereocenters. The van der Waals surface area contributed by atoms with Gasteiger partial charge in [-0.05, 0) is 70.5 Å². The molecule has 0 spiro atoms. The molecule has 2 bridgehead atoms. The Bertz CT molecular complexity index is 1330. The average Bonchev–Trinajstić information content (AvgIpc) is 3.27. The van der Waals surface area contributed by atoms with E-state index in [1.807, 2.05) is 10.7 Å². The Morgan fingerprint density at radius 2 is 1.89 bits per heavy atom. The monoisotopic (exact) mass is 551 g/mol. The summed E-state index contributed by atoms with van der Waals surface area (Å²) in [7, 11) is 0. The van der Waals surface area contributed by atoms with Crippen LogP contribution in [-0.2, 0) is 24.3 Å². The first-order valence-corrected chi connectivity index (χ1v) is 13.5. The van der Waals surface area contributed by atoms with Crippen molar-refractivity contribution in [1.29, 1.82) is 0 Å². The molecule has 3 aliphatic carbocycles. The molecule has 190 valence electrons. The van der Waals surface area contributed by atoms with E-state index < -0.39 is 0 Å². The van der Waals surface area contributed by atoms with Gasteiger partial charge in [0.1, 0.15) is 11.0 Å². The topological polar surface area (TPSA) is 81.8 Å². The van der Waals surface area contributed by atoms with Crippen LogP contribution in [0.25, 0.3) is 0 Å². The third kappa shape index (κ3) is 4.67. The van der Waals surface area contributed by atoms with Crippen LogP contribution in [0.4, 0.5) is 5.69 Å². The van der Waals surface area contributed by atoms with Gasteiger partial charge in [0.25, 0.3) is 5.56 Å². The quantitative estimate of drug-likeness (QED) is 0.432. The van der Waals surface area contributed by atoms with Crippen molar-refractivity contribution in [2.24, 2.45) is 23.2 Å². The van der Waals surface area contributed by atoms with Crippen molar-refractivity contribution < 1.29 is 4.79 Å². The number of nitrogens with one attached hydrogen (secondary N) is 1. The molecule has 3 saturated carbocycles. The number of halogens is 1. The van der Waals surface area contributed by atoms with Crippen molar-refractivity contribution in [3.63, 3.8) is 0 Å². The summed E-state index contributed by atoms with van der Waals surface area (Å²) in [5.74, 6) is 1.87. The molecule has 2 heterocycles. The Morgan fingerprint density at radius 3 is 2.58 bits per heavy atom. The van der Waals surface area contributed by atoms with Gasteiger partial charge in [0.2, 0.25) is 0 Å². The van der Waals surface area contributed by atoms with Crippen LogP contribution in [-0.4, -0.2) is 31.4 Å². The van der Waals surface area contributed by atoms with Gasteiger partial charge in [-0.25, -0.2) is 4.68 Å². The Balaban J connectivity index is 1.23. The Morgan fingerprint density at radius 1 is 1.14 bits per heavy atom. The number of benzene rings is 1. The normalized spacial score (nSPS) is 24.2. The summed E-state index contributed by atoms with van der Waals surface area (Å²) in [4.78, 5) is 25.9. The molecule has 0 radical (unpaired) electrons. The molecule has 0 aliphatic heterocycles. The smallest absolute Gasteiger partial charge is 0.283 e. The number of hydrogen-bond acceptors (Lipinski definition) is 5. The van der Waals surface area contributed by atoms with E-state index >= 15 is 0 Å². The molecule has 8 heteroatoms. The van der Waals surface area contributed by atoms with Gasteiger partial charge >= 0.3 is 0 Å². The molecule has 3 aromatic rings. The molecule has 1 N–H and O–H groups in total. The summed E-state index contributed by atoms with van der Waals surface area (Å²) >= 11 is 3.47. The number of rotatable bonds is 8. The average molecular weight is 553 g/mol. The van der Waals surface area contributed by atoms with Crippen molar-refractivity contribution in [1.82, 2.24) is 19.6 Å². The molecule has 36 heavy (non-hydrogen) atoms. The van der Waals surface area contributed by atoms with Gasteiger partial charge in [-0.3, -0.25) is 14.3 Å². The number of fused-ring (bicyclic) bond motifs is 2. The predicted octanol–water partition coefficient (Wildman–Crippen LogP) is 4.85. The van der Waals surface area contributed by atoms with Gasteiger partial charge < -0.3 is 5.32 Å². The third-order valence-corrected chi connectivity index (χ3v) is 9.41. The van der Waals surface area contributed by atoms with Gasteiger partial charge in [0, 0.05) is 17.9 Å². The molecule has 2 aromatic heterocycles. The highest BCUT2D eigenvalue weighted by atomic mass is 79.9. The molecule has 0 saturated heterocycles. The fraction of sp³-hybridized carbons (Fsp3) is 0.500. The SMILES string of the molecule is Cc1ccc(Cn2nccc2CC(=O)Cn2ncc(N[C@@H]3C[C@@H]4C[C@H]([C@H]3C)C4(C)C)c(Br)c2=O)cc1. The molecule has 1 aromatic carbocycles. The van der Waals surface area contributed by atoms with Crippen LogP contribution in [0.2, 0.25) is 0 Å². The number of Topliss-reactive ketones (excluding diaryl/α,β-unsaturated/α-hetero) is 1. The van der Waals surface area contributed by atoms with Crippen LogP contribution in [0.5, 0.6) is 0 Å². The van der Waals surface area contributed by atoms with Crippen molar-refractivity contribution in [3.8, 4) is 0 Å². The molecule has 7 nitrogen and oxygen atoms in total. The van der Waals surface area contributed by atoms with E-state index in [0.717, 1.165) is 23.6 Å². The van der Waals surface area contributed by atoms with Gasteiger partial charge in [0.05, 0.1) is 24.8 Å². The standard InChI is InChI=1S/C28H34BrN5O2/c1-17-5-7-19(8-6-17)15-33-21(9-10-30-33)13-22(35)16-34-27(36)26(29)25(14-31-34)32-24-12-20-11-23(18(24)2)28(20,3)4/h5-10,14,18,20,23-24,32H,11-13,15-16H2,1-4H3/t18-,20+,23-,24-/m1/s1. The van der Waals surface area contributed by atoms with E-state index in [4.69, 9.17) is 0 Å². The van der Waals surface area contributed by atoms with E-state index in [9.17, 15) is 9.59 Å². The molecule has 6 rings (SSSR count). The van der Waals surface area contributed by atoms with Crippen molar-refractivity contribution in [2.75, 3.05) is 5.32 Å². The number of aryl methyl sites for hydroxylation is 1. The predicted molar refractivity (Wildman–Crippen MR) is 144 cm³/mol. The number of aromatic nitrogens is 4. The van der Waals surface area contributed by atoms with Crippen LogP contribution in [0.1, 0.15) is 50.4 Å². The lowest BCUT2D eigenvalue weighted by Gasteiger charge is -2.62. The maximum Gasteiger partial charge on any atom is 0.283 e. The maximum atomic E-state index is 13.0. The maximum absolute atomic E-state index is 13.0. The van der Waals surface area contributed by atoms with E-state index in [-0.39, 0.29) is 24.3 Å². The second-order valence-electron chi connectivity index (χ2n) is 11.2. The van der Waals surface area contributed by atoms with Crippen LogP contribution >= 0.6 is 15.9 Å². The fourth-order valence-electron chi connectivity index (χ4n) is 6.16. The largest absolute Gasteiger partial charge is 0.380 e. The minimum atomic E-state index is -0.296. The third-order valence-electron chi connectivity index (χ3n) is 8.64. The van der Waals surface area contributed by atoms with Gasteiger partial charge in [-0.2, -0.15) is 10.2 Å². The highest BCUT2D eigenvalue weighted by molar-refractivity contribution is 9.10. The summed E-state index contributed by atoms with van der Waals surface area (Å²) in [6.07, 6.45) is 5.97. The Labute approximate surface area is 220 Å². The molecular weight excluding hydrogens is 518 g/mol. The Kier molecular flexibility index (Phi) is 6.66. The van der Waals surface area contributed by atoms with E-state index in [0.29, 0.717) is 40.0 Å². The van der Waals surface area contributed by atoms with E-state index in [1.165, 1.54) is 16.7 Å². The number of carbonyl (C=O) groups excluding carboxylic acids is 1. The summed E-state index contributed by atoms with van der Waals surface area (Å²) in [6, 6.07) is 10.4. The lowest BCUT2D eigenvalue weighted by Crippen LogP contribution is -2.58. The Hall–Kier alpha value is -2.74. The first-order valence-electron chi connectivity index (χ1n) is 12.7. The number of carbonyl (C=O) groups is 1. The fourth-order valence-corrected chi connectivity index (χ4v) is 6.58. The van der Waals surface area contributed by atoms with E-state index in [2.05, 4.69) is 83.4 Å². The minimum absolute atomic E-state index is 0.0778. The second kappa shape index (κ2) is 9.61. The van der Waals surface area contributed by atoms with Crippen LogP contribution in [0, 0.1) is 30.1 Å². The number of anilines is 1. The lowest BCUT2D eigenvalue weighted by molar-refractivity contribution is -0.119. The first kappa shape index (κ1) is 24.9. The molecule has 0 amide bonds. The van der Waals surface area contributed by atoms with Crippen LogP contribution in [0.15, 0.2) is 52.0 Å². The van der Waals surface area contributed by atoms with Gasteiger partial charge in [0.15, 0.2) is 5.78 Å². The zero-order valence-corrected chi connectivity index (χ0v) is 23.0. The summed E-state index contributed by atoms with van der Waals surface area (Å²) < 4.78 is 3.50. The zero-order chi connectivity index (χ0) is 25.6. The van der Waals surface area contributed by atoms with Crippen molar-refractivity contribution in [2.45, 2.75) is 66.1 Å². The number of ketones is 1. The minimum Gasteiger partial charge on any atom is -0.380 e. The van der Waals surface area contributed by atoms with Gasteiger partial charge in [-0.1, -0.05) is 50.6 Å². The summed E-state index contributed by atoms with van der Waals surface area (Å²) in [6.45, 7) is 9.64. The molecular formula is C28H34BrN5O2. The van der Waals surface area contributed by atoms with Gasteiger partial charge in [-0.15, -0.1) is 0 Å². The van der Waals surface area contributed by atoms with E-state index in [1.54, 1.807) is 12.4 Å². The number of nitrogens with zero attached hydrogens (tertiary/aromatic N) is 4. The molecule has 3 fully saturated rings. The highest BCUT2D eigenvalue weighted by Gasteiger charge is 2.56.